The van der Waals surface area contributed by atoms with Gasteiger partial charge in [0.2, 0.25) is 5.43 Å². The highest BCUT2D eigenvalue weighted by Crippen LogP contribution is 2.20. The summed E-state index contributed by atoms with van der Waals surface area (Å²) in [5.41, 5.74) is 0.0432. The highest BCUT2D eigenvalue weighted by atomic mass is 19.1. The van der Waals surface area contributed by atoms with E-state index in [9.17, 15) is 14.0 Å². The number of ether oxygens (including phenoxy) is 1. The predicted octanol–water partition coefficient (Wildman–Crippen LogP) is 3.29. The Balaban J connectivity index is 2.79. The Bertz CT molecular complexity index is 736. The van der Waals surface area contributed by atoms with Crippen LogP contribution in [0.5, 0.6) is 0 Å². The fourth-order valence-corrected chi connectivity index (χ4v) is 2.24. The van der Waals surface area contributed by atoms with Gasteiger partial charge in [-0.3, -0.25) is 4.79 Å². The largest absolute Gasteiger partial charge is 0.462 e. The fourth-order valence-electron chi connectivity index (χ4n) is 2.24. The lowest BCUT2D eigenvalue weighted by Crippen LogP contribution is -2.22. The van der Waals surface area contributed by atoms with Gasteiger partial charge in [-0.1, -0.05) is 6.92 Å². The van der Waals surface area contributed by atoms with Crippen LogP contribution in [0.3, 0.4) is 0 Å². The second kappa shape index (κ2) is 6.08. The summed E-state index contributed by atoms with van der Waals surface area (Å²) >= 11 is 0. The molecule has 0 amide bonds. The molecule has 0 aliphatic carbocycles. The van der Waals surface area contributed by atoms with E-state index >= 15 is 0 Å². The van der Waals surface area contributed by atoms with Crippen molar-refractivity contribution < 1.29 is 13.9 Å². The van der Waals surface area contributed by atoms with E-state index in [1.807, 2.05) is 13.8 Å². The van der Waals surface area contributed by atoms with Crippen LogP contribution in [0.1, 0.15) is 43.6 Å². The number of carbonyl (C=O) groups is 1. The van der Waals surface area contributed by atoms with Crippen molar-refractivity contribution in [2.24, 2.45) is 0 Å². The first-order valence-corrected chi connectivity index (χ1v) is 7.01. The molecule has 1 heterocycles. The Morgan fingerprint density at radius 2 is 2.10 bits per heavy atom. The van der Waals surface area contributed by atoms with Gasteiger partial charge in [-0.15, -0.1) is 0 Å². The van der Waals surface area contributed by atoms with Crippen LogP contribution in [0.4, 0.5) is 4.39 Å². The molecule has 0 aliphatic heterocycles. The summed E-state index contributed by atoms with van der Waals surface area (Å²) < 4.78 is 20.2. The number of pyridine rings is 1. The summed E-state index contributed by atoms with van der Waals surface area (Å²) in [6, 6.07) is 3.98. The van der Waals surface area contributed by atoms with Crippen LogP contribution in [-0.4, -0.2) is 17.1 Å². The monoisotopic (exact) mass is 291 g/mol. The summed E-state index contributed by atoms with van der Waals surface area (Å²) in [4.78, 5) is 24.3. The van der Waals surface area contributed by atoms with Crippen molar-refractivity contribution in [2.75, 3.05) is 6.61 Å². The standard InChI is InChI=1S/C16H18FNO3/c1-4-10(3)18-9-13(16(20)21-5-2)15(19)12-7-6-11(17)8-14(12)18/h6-10H,4-5H2,1-3H3/t10-/m0/s1. The molecule has 5 heteroatoms. The van der Waals surface area contributed by atoms with Crippen molar-refractivity contribution in [3.63, 3.8) is 0 Å². The second-order valence-electron chi connectivity index (χ2n) is 4.92. The molecule has 0 fully saturated rings. The number of halogens is 1. The van der Waals surface area contributed by atoms with E-state index in [1.54, 1.807) is 11.5 Å². The smallest absolute Gasteiger partial charge is 0.343 e. The zero-order valence-corrected chi connectivity index (χ0v) is 12.4. The molecule has 2 rings (SSSR count). The van der Waals surface area contributed by atoms with Crippen LogP contribution < -0.4 is 5.43 Å². The lowest BCUT2D eigenvalue weighted by Gasteiger charge is -2.18. The molecule has 0 spiro atoms. The number of benzene rings is 1. The van der Waals surface area contributed by atoms with Gasteiger partial charge in [0.05, 0.1) is 12.1 Å². The molecule has 1 atom stereocenters. The summed E-state index contributed by atoms with van der Waals surface area (Å²) in [6.45, 7) is 5.81. The van der Waals surface area contributed by atoms with Gasteiger partial charge >= 0.3 is 5.97 Å². The number of carbonyl (C=O) groups excluding carboxylic acids is 1. The molecule has 0 aliphatic rings. The first kappa shape index (κ1) is 15.2. The van der Waals surface area contributed by atoms with Crippen molar-refractivity contribution in [1.82, 2.24) is 4.57 Å². The van der Waals surface area contributed by atoms with Gasteiger partial charge in [-0.25, -0.2) is 9.18 Å². The Morgan fingerprint density at radius 3 is 2.71 bits per heavy atom. The van der Waals surface area contributed by atoms with Crippen molar-refractivity contribution in [2.45, 2.75) is 33.2 Å². The van der Waals surface area contributed by atoms with Crippen LogP contribution in [0, 0.1) is 5.82 Å². The Morgan fingerprint density at radius 1 is 1.38 bits per heavy atom. The Kier molecular flexibility index (Phi) is 4.40. The maximum absolute atomic E-state index is 13.5. The number of aromatic nitrogens is 1. The topological polar surface area (TPSA) is 48.3 Å². The minimum absolute atomic E-state index is 0.0174. The molecule has 0 unspecified atom stereocenters. The number of esters is 1. The molecular weight excluding hydrogens is 273 g/mol. The number of hydrogen-bond donors (Lipinski definition) is 0. The van der Waals surface area contributed by atoms with E-state index in [1.165, 1.54) is 24.4 Å². The van der Waals surface area contributed by atoms with Gasteiger partial charge in [0.25, 0.3) is 0 Å². The van der Waals surface area contributed by atoms with Crippen molar-refractivity contribution in [3.05, 3.63) is 46.0 Å². The molecule has 0 radical (unpaired) electrons. The Hall–Kier alpha value is -2.17. The lowest BCUT2D eigenvalue weighted by atomic mass is 10.1. The van der Waals surface area contributed by atoms with Crippen LogP contribution in [-0.2, 0) is 4.74 Å². The normalized spacial score (nSPS) is 12.4. The van der Waals surface area contributed by atoms with Gasteiger partial charge < -0.3 is 9.30 Å². The maximum atomic E-state index is 13.5. The van der Waals surface area contributed by atoms with Gasteiger partial charge in [-0.2, -0.15) is 0 Å². The van der Waals surface area contributed by atoms with Gasteiger partial charge in [0, 0.05) is 17.6 Å². The minimum Gasteiger partial charge on any atom is -0.462 e. The van der Waals surface area contributed by atoms with E-state index in [-0.39, 0.29) is 18.2 Å². The van der Waals surface area contributed by atoms with Gasteiger partial charge in [0.15, 0.2) is 0 Å². The third-order valence-corrected chi connectivity index (χ3v) is 3.56. The molecule has 0 saturated carbocycles. The number of hydrogen-bond acceptors (Lipinski definition) is 3. The summed E-state index contributed by atoms with van der Waals surface area (Å²) in [5.74, 6) is -1.06. The molecule has 21 heavy (non-hydrogen) atoms. The zero-order valence-electron chi connectivity index (χ0n) is 12.4. The number of fused-ring (bicyclic) bond motifs is 1. The first-order valence-electron chi connectivity index (χ1n) is 7.01. The van der Waals surface area contributed by atoms with Crippen molar-refractivity contribution in [3.8, 4) is 0 Å². The van der Waals surface area contributed by atoms with Crippen molar-refractivity contribution in [1.29, 1.82) is 0 Å². The SMILES string of the molecule is CCOC(=O)c1cn([C@@H](C)CC)c2cc(F)ccc2c1=O. The summed E-state index contributed by atoms with van der Waals surface area (Å²) in [7, 11) is 0. The highest BCUT2D eigenvalue weighted by Gasteiger charge is 2.18. The van der Waals surface area contributed by atoms with Crippen LogP contribution in [0.25, 0.3) is 10.9 Å². The average molecular weight is 291 g/mol. The summed E-state index contributed by atoms with van der Waals surface area (Å²) in [6.07, 6.45) is 2.26. The number of rotatable bonds is 4. The van der Waals surface area contributed by atoms with Crippen molar-refractivity contribution >= 4 is 16.9 Å². The first-order chi connectivity index (χ1) is 9.99. The number of nitrogens with zero attached hydrogens (tertiary/aromatic N) is 1. The molecule has 0 N–H and O–H groups in total. The lowest BCUT2D eigenvalue weighted by molar-refractivity contribution is 0.0524. The van der Waals surface area contributed by atoms with Gasteiger partial charge in [0.1, 0.15) is 11.4 Å². The maximum Gasteiger partial charge on any atom is 0.343 e. The molecule has 112 valence electrons. The predicted molar refractivity (Wildman–Crippen MR) is 79.1 cm³/mol. The van der Waals surface area contributed by atoms with Crippen LogP contribution >= 0.6 is 0 Å². The fraction of sp³-hybridized carbons (Fsp3) is 0.375. The van der Waals surface area contributed by atoms with Crippen LogP contribution in [0.2, 0.25) is 0 Å². The van der Waals surface area contributed by atoms with E-state index in [4.69, 9.17) is 4.74 Å². The zero-order chi connectivity index (χ0) is 15.6. The van der Waals surface area contributed by atoms with E-state index < -0.39 is 17.2 Å². The molecular formula is C16H18FNO3. The Labute approximate surface area is 122 Å². The summed E-state index contributed by atoms with van der Waals surface area (Å²) in [5, 5.41) is 0.322. The molecule has 1 aromatic heterocycles. The molecule has 0 bridgehead atoms. The van der Waals surface area contributed by atoms with Gasteiger partial charge in [-0.05, 0) is 38.5 Å². The quantitative estimate of drug-likeness (QED) is 0.812. The van der Waals surface area contributed by atoms with E-state index in [2.05, 4.69) is 0 Å². The van der Waals surface area contributed by atoms with Crippen LogP contribution in [0.15, 0.2) is 29.2 Å². The third kappa shape index (κ3) is 2.82. The molecule has 1 aromatic carbocycles. The average Bonchev–Trinajstić information content (AvgIpc) is 2.47. The molecule has 4 nitrogen and oxygen atoms in total. The molecule has 0 saturated heterocycles. The second-order valence-corrected chi connectivity index (χ2v) is 4.92. The van der Waals surface area contributed by atoms with E-state index in [0.29, 0.717) is 10.9 Å². The highest BCUT2D eigenvalue weighted by molar-refractivity contribution is 5.93. The molecule has 2 aromatic rings. The van der Waals surface area contributed by atoms with E-state index in [0.717, 1.165) is 6.42 Å². The third-order valence-electron chi connectivity index (χ3n) is 3.56. The minimum atomic E-state index is -0.647.